The Morgan fingerprint density at radius 1 is 1.20 bits per heavy atom. The van der Waals surface area contributed by atoms with Gasteiger partial charge in [0.05, 0.1) is 17.1 Å². The molecule has 4 rings (SSSR count). The third kappa shape index (κ3) is 5.19. The van der Waals surface area contributed by atoms with E-state index in [1.807, 2.05) is 13.0 Å². The molecule has 11 heteroatoms. The maximum atomic E-state index is 13.7. The lowest BCUT2D eigenvalue weighted by molar-refractivity contribution is -0.242. The van der Waals surface area contributed by atoms with Crippen molar-refractivity contribution in [2.24, 2.45) is 0 Å². The van der Waals surface area contributed by atoms with Crippen molar-refractivity contribution in [1.82, 2.24) is 0 Å². The molecule has 1 amide bonds. The Hall–Kier alpha value is -2.95. The second kappa shape index (κ2) is 8.92. The molecule has 1 aliphatic heterocycles. The zero-order chi connectivity index (χ0) is 25.6. The van der Waals surface area contributed by atoms with Crippen LogP contribution in [0.4, 0.5) is 29.3 Å². The summed E-state index contributed by atoms with van der Waals surface area (Å²) in [6, 6.07) is 11.1. The van der Waals surface area contributed by atoms with E-state index in [0.717, 1.165) is 32.3 Å². The van der Waals surface area contributed by atoms with Gasteiger partial charge < -0.3 is 9.47 Å². The summed E-state index contributed by atoms with van der Waals surface area (Å²) in [6.45, 7) is 3.40. The molecule has 192 valence electrons. The Morgan fingerprint density at radius 3 is 2.54 bits per heavy atom. The number of anilines is 2. The molecule has 0 spiro atoms. The molecule has 0 radical (unpaired) electrons. The summed E-state index contributed by atoms with van der Waals surface area (Å²) in [4.78, 5) is 12.3. The van der Waals surface area contributed by atoms with E-state index < -0.39 is 27.9 Å². The van der Waals surface area contributed by atoms with Gasteiger partial charge in [-0.25, -0.2) is 13.2 Å². The highest BCUT2D eigenvalue weighted by Gasteiger charge is 2.51. The van der Waals surface area contributed by atoms with Crippen molar-refractivity contribution in [3.8, 4) is 5.75 Å². The first-order chi connectivity index (χ1) is 16.3. The average molecular weight is 515 g/mol. The summed E-state index contributed by atoms with van der Waals surface area (Å²) >= 11 is 0. The molecule has 0 bridgehead atoms. The van der Waals surface area contributed by atoms with Gasteiger partial charge in [0, 0.05) is 7.11 Å². The maximum absolute atomic E-state index is 13.7. The molecule has 7 nitrogen and oxygen atoms in total. The van der Waals surface area contributed by atoms with Crippen molar-refractivity contribution < 1.29 is 37.3 Å². The molecule has 0 aromatic heterocycles. The van der Waals surface area contributed by atoms with Crippen LogP contribution in [0.15, 0.2) is 47.4 Å². The summed E-state index contributed by atoms with van der Waals surface area (Å²) in [7, 11) is -3.98. The molecule has 1 aliphatic carbocycles. The van der Waals surface area contributed by atoms with Gasteiger partial charge >= 0.3 is 12.3 Å². The van der Waals surface area contributed by atoms with Crippen LogP contribution in [-0.4, -0.2) is 38.9 Å². The fraction of sp³-hybridized carbons (Fsp3) is 0.458. The lowest BCUT2D eigenvalue weighted by Gasteiger charge is -2.35. The van der Waals surface area contributed by atoms with Gasteiger partial charge in [0.1, 0.15) is 11.9 Å². The van der Waals surface area contributed by atoms with Gasteiger partial charge in [0.25, 0.3) is 10.0 Å². The van der Waals surface area contributed by atoms with Crippen molar-refractivity contribution >= 4 is 27.5 Å². The van der Waals surface area contributed by atoms with E-state index in [9.17, 15) is 26.4 Å². The smallest absolute Gasteiger partial charge is 0.427 e. The Labute approximate surface area is 203 Å². The van der Waals surface area contributed by atoms with E-state index in [1.165, 1.54) is 28.6 Å². The summed E-state index contributed by atoms with van der Waals surface area (Å²) in [5.41, 5.74) is -1.49. The number of alkyl halides is 3. The highest BCUT2D eigenvalue weighted by molar-refractivity contribution is 7.92. The molecular weight excluding hydrogens is 485 g/mol. The zero-order valence-corrected chi connectivity index (χ0v) is 20.4. The molecule has 1 heterocycles. The van der Waals surface area contributed by atoms with E-state index >= 15 is 0 Å². The van der Waals surface area contributed by atoms with Gasteiger partial charge in [-0.3, -0.25) is 9.62 Å². The van der Waals surface area contributed by atoms with Crippen molar-refractivity contribution in [3.05, 3.63) is 48.0 Å². The van der Waals surface area contributed by atoms with Crippen LogP contribution < -0.4 is 14.4 Å². The third-order valence-electron chi connectivity index (χ3n) is 6.12. The number of hydrogen-bond donors (Lipinski definition) is 1. The summed E-state index contributed by atoms with van der Waals surface area (Å²) in [6.07, 6.45) is -3.85. The van der Waals surface area contributed by atoms with Crippen molar-refractivity contribution in [2.45, 2.75) is 68.7 Å². The standard InChI is InChI=1S/C24H27F3N2O5S.H2/c1-4-18-14-29(35(31,32)19-7-5-6-16(12-19)15-8-9-15)20-13-17(10-11-21(20)33-18)28-22(30)34-23(2,3)24(25,26)27;/h5-7,10-13,15,18H,4,8-9,14H2,1-3H3,(H,28,30);1H/t18-;/m0./s1. The van der Waals surface area contributed by atoms with E-state index in [-0.39, 0.29) is 30.3 Å². The van der Waals surface area contributed by atoms with Crippen LogP contribution in [0, 0.1) is 0 Å². The largest absolute Gasteiger partial charge is 0.486 e. The van der Waals surface area contributed by atoms with E-state index in [2.05, 4.69) is 10.1 Å². The summed E-state index contributed by atoms with van der Waals surface area (Å²) in [5, 5.41) is 2.25. The Bertz CT molecular complexity index is 1230. The molecule has 2 aliphatic rings. The second-order valence-corrected chi connectivity index (χ2v) is 11.1. The molecule has 1 fully saturated rings. The molecule has 0 unspecified atom stereocenters. The quantitative estimate of drug-likeness (QED) is 0.506. The number of carbonyl (C=O) groups is 1. The highest BCUT2D eigenvalue weighted by Crippen LogP contribution is 2.43. The maximum Gasteiger partial charge on any atom is 0.427 e. The predicted octanol–water partition coefficient (Wildman–Crippen LogP) is 6.07. The summed E-state index contributed by atoms with van der Waals surface area (Å²) in [5.74, 6) is 0.660. The number of sulfonamides is 1. The van der Waals surface area contributed by atoms with Crippen LogP contribution in [0.2, 0.25) is 0 Å². The molecule has 0 saturated heterocycles. The molecule has 2 aromatic rings. The number of nitrogens with zero attached hydrogens (tertiary/aromatic N) is 1. The van der Waals surface area contributed by atoms with Gasteiger partial charge in [-0.15, -0.1) is 0 Å². The van der Waals surface area contributed by atoms with Crippen LogP contribution in [0.25, 0.3) is 0 Å². The molecule has 2 aromatic carbocycles. The fourth-order valence-corrected chi connectivity index (χ4v) is 5.29. The summed E-state index contributed by atoms with van der Waals surface area (Å²) < 4.78 is 78.2. The number of hydrogen-bond acceptors (Lipinski definition) is 5. The van der Waals surface area contributed by atoms with Gasteiger partial charge in [-0.1, -0.05) is 19.1 Å². The monoisotopic (exact) mass is 514 g/mol. The minimum Gasteiger partial charge on any atom is -0.486 e. The van der Waals surface area contributed by atoms with Crippen LogP contribution in [0.5, 0.6) is 5.75 Å². The van der Waals surface area contributed by atoms with Crippen molar-refractivity contribution in [3.63, 3.8) is 0 Å². The number of amides is 1. The van der Waals surface area contributed by atoms with Gasteiger partial charge in [0.15, 0.2) is 0 Å². The molecular formula is C24H29F3N2O5S. The lowest BCUT2D eigenvalue weighted by Crippen LogP contribution is -2.44. The second-order valence-electron chi connectivity index (χ2n) is 9.24. The normalized spacial score (nSPS) is 18.5. The number of benzene rings is 2. The molecule has 1 N–H and O–H groups in total. The van der Waals surface area contributed by atoms with E-state index in [1.54, 1.807) is 12.1 Å². The lowest BCUT2D eigenvalue weighted by atomic mass is 10.1. The van der Waals surface area contributed by atoms with Gasteiger partial charge in [-0.05, 0) is 74.9 Å². The average Bonchev–Trinajstić information content (AvgIpc) is 3.62. The third-order valence-corrected chi connectivity index (χ3v) is 7.89. The number of rotatable bonds is 6. The minimum atomic E-state index is -4.76. The molecule has 1 saturated carbocycles. The predicted molar refractivity (Wildman–Crippen MR) is 126 cm³/mol. The highest BCUT2D eigenvalue weighted by atomic mass is 32.2. The number of fused-ring (bicyclic) bond motifs is 1. The van der Waals surface area contributed by atoms with Crippen LogP contribution in [0.3, 0.4) is 0 Å². The van der Waals surface area contributed by atoms with Gasteiger partial charge in [0.2, 0.25) is 5.60 Å². The number of halogens is 3. The first-order valence-corrected chi connectivity index (χ1v) is 12.8. The molecule has 1 atom stereocenters. The van der Waals surface area contributed by atoms with Gasteiger partial charge in [-0.2, -0.15) is 13.2 Å². The number of carbonyl (C=O) groups excluding carboxylic acids is 1. The topological polar surface area (TPSA) is 84.9 Å². The van der Waals surface area contributed by atoms with Crippen molar-refractivity contribution in [2.75, 3.05) is 16.2 Å². The first kappa shape index (κ1) is 25.2. The first-order valence-electron chi connectivity index (χ1n) is 11.3. The van der Waals surface area contributed by atoms with Crippen molar-refractivity contribution in [1.29, 1.82) is 0 Å². The Morgan fingerprint density at radius 2 is 1.91 bits per heavy atom. The molecule has 35 heavy (non-hydrogen) atoms. The van der Waals surface area contributed by atoms with Crippen LogP contribution in [0.1, 0.15) is 52.9 Å². The van der Waals surface area contributed by atoms with Crippen LogP contribution in [-0.2, 0) is 14.8 Å². The Kier molecular flexibility index (Phi) is 6.41. The number of nitrogens with one attached hydrogen (secondary N) is 1. The minimum absolute atomic E-state index is 0. The Balaban J connectivity index is 0.00000361. The fourth-order valence-electron chi connectivity index (χ4n) is 3.74. The van der Waals surface area contributed by atoms with E-state index in [0.29, 0.717) is 18.1 Å². The SMILES string of the molecule is CC[C@H]1CN(S(=O)(=O)c2cccc(C3CC3)c2)c2cc(NC(=O)OC(C)(C)C(F)(F)F)ccc2O1.[HH]. The van der Waals surface area contributed by atoms with E-state index in [4.69, 9.17) is 4.74 Å². The van der Waals surface area contributed by atoms with Crippen LogP contribution >= 0.6 is 0 Å². The number of ether oxygens (including phenoxy) is 2. The zero-order valence-electron chi connectivity index (χ0n) is 19.6.